The quantitative estimate of drug-likeness (QED) is 0.564. The van der Waals surface area contributed by atoms with Crippen molar-refractivity contribution in [1.82, 2.24) is 0 Å². The Morgan fingerprint density at radius 2 is 2.00 bits per heavy atom. The van der Waals surface area contributed by atoms with Gasteiger partial charge < -0.3 is 4.74 Å². The smallest absolute Gasteiger partial charge is 0.454 e. The van der Waals surface area contributed by atoms with Crippen molar-refractivity contribution in [3.05, 3.63) is 28.8 Å². The van der Waals surface area contributed by atoms with E-state index < -0.39 is 17.5 Å². The van der Waals surface area contributed by atoms with Crippen LogP contribution in [0.15, 0.2) is 18.2 Å². The summed E-state index contributed by atoms with van der Waals surface area (Å²) in [5.74, 6) is -1.62. The SMILES string of the molecule is CCCCCOc1ccc(C(=O)C(F)(F)F)cc1Cl. The van der Waals surface area contributed by atoms with Gasteiger partial charge in [-0.2, -0.15) is 13.2 Å². The fourth-order valence-electron chi connectivity index (χ4n) is 1.46. The van der Waals surface area contributed by atoms with E-state index in [2.05, 4.69) is 0 Å². The molecule has 0 unspecified atom stereocenters. The number of rotatable bonds is 6. The second-order valence-corrected chi connectivity index (χ2v) is 4.43. The lowest BCUT2D eigenvalue weighted by atomic mass is 10.1. The maximum atomic E-state index is 12.2. The molecule has 0 heterocycles. The third-order valence-electron chi connectivity index (χ3n) is 2.46. The zero-order valence-corrected chi connectivity index (χ0v) is 11.1. The van der Waals surface area contributed by atoms with E-state index in [1.165, 1.54) is 6.07 Å². The van der Waals surface area contributed by atoms with Gasteiger partial charge in [-0.25, -0.2) is 0 Å². The number of ketones is 1. The fraction of sp³-hybridized carbons (Fsp3) is 0.462. The highest BCUT2D eigenvalue weighted by Gasteiger charge is 2.39. The van der Waals surface area contributed by atoms with Crippen LogP contribution in [-0.2, 0) is 0 Å². The number of unbranched alkanes of at least 4 members (excludes halogenated alkanes) is 2. The Kier molecular flexibility index (Phi) is 5.66. The maximum absolute atomic E-state index is 12.2. The van der Waals surface area contributed by atoms with Gasteiger partial charge in [0.2, 0.25) is 0 Å². The molecule has 0 aliphatic rings. The zero-order valence-electron chi connectivity index (χ0n) is 10.4. The van der Waals surface area contributed by atoms with Crippen LogP contribution in [0.1, 0.15) is 36.5 Å². The molecule has 1 aromatic rings. The molecule has 0 spiro atoms. The minimum absolute atomic E-state index is 0.00611. The minimum Gasteiger partial charge on any atom is -0.492 e. The Labute approximate surface area is 114 Å². The maximum Gasteiger partial charge on any atom is 0.454 e. The average molecular weight is 295 g/mol. The van der Waals surface area contributed by atoms with Gasteiger partial charge >= 0.3 is 6.18 Å². The van der Waals surface area contributed by atoms with Gasteiger partial charge in [0.05, 0.1) is 11.6 Å². The van der Waals surface area contributed by atoms with Crippen LogP contribution in [0.2, 0.25) is 5.02 Å². The molecule has 0 atom stereocenters. The predicted molar refractivity (Wildman–Crippen MR) is 66.9 cm³/mol. The number of Topliss-reactive ketones (excluding diaryl/α,β-unsaturated/α-hetero) is 1. The number of hydrogen-bond acceptors (Lipinski definition) is 2. The van der Waals surface area contributed by atoms with Crippen molar-refractivity contribution < 1.29 is 22.7 Å². The topological polar surface area (TPSA) is 26.3 Å². The monoisotopic (exact) mass is 294 g/mol. The summed E-state index contributed by atoms with van der Waals surface area (Å²) in [5.41, 5.74) is -0.488. The lowest BCUT2D eigenvalue weighted by molar-refractivity contribution is -0.0885. The zero-order chi connectivity index (χ0) is 14.5. The Bertz CT molecular complexity index is 444. The van der Waals surface area contributed by atoms with E-state index in [0.29, 0.717) is 6.61 Å². The summed E-state index contributed by atoms with van der Waals surface area (Å²) in [4.78, 5) is 11.0. The molecule has 0 saturated heterocycles. The number of halogens is 4. The van der Waals surface area contributed by atoms with Gasteiger partial charge in [-0.3, -0.25) is 4.79 Å². The first-order valence-corrected chi connectivity index (χ1v) is 6.28. The number of carbonyl (C=O) groups excluding carboxylic acids is 1. The van der Waals surface area contributed by atoms with E-state index in [4.69, 9.17) is 16.3 Å². The molecule has 0 radical (unpaired) electrons. The van der Waals surface area contributed by atoms with Crippen LogP contribution < -0.4 is 4.74 Å². The van der Waals surface area contributed by atoms with Gasteiger partial charge in [-0.15, -0.1) is 0 Å². The lowest BCUT2D eigenvalue weighted by Crippen LogP contribution is -2.22. The largest absolute Gasteiger partial charge is 0.492 e. The molecule has 19 heavy (non-hydrogen) atoms. The lowest BCUT2D eigenvalue weighted by Gasteiger charge is -2.10. The molecule has 1 aromatic carbocycles. The van der Waals surface area contributed by atoms with Crippen LogP contribution in [0, 0.1) is 0 Å². The highest BCUT2D eigenvalue weighted by atomic mass is 35.5. The van der Waals surface area contributed by atoms with Crippen molar-refractivity contribution in [3.8, 4) is 5.75 Å². The number of carbonyl (C=O) groups is 1. The normalized spacial score (nSPS) is 11.4. The van der Waals surface area contributed by atoms with Crippen molar-refractivity contribution in [2.75, 3.05) is 6.61 Å². The Morgan fingerprint density at radius 3 is 2.53 bits per heavy atom. The van der Waals surface area contributed by atoms with Crippen molar-refractivity contribution in [2.45, 2.75) is 32.4 Å². The third-order valence-corrected chi connectivity index (χ3v) is 2.75. The van der Waals surface area contributed by atoms with Gasteiger partial charge in [-0.05, 0) is 24.6 Å². The van der Waals surface area contributed by atoms with Crippen LogP contribution in [0.4, 0.5) is 13.2 Å². The van der Waals surface area contributed by atoms with Crippen LogP contribution >= 0.6 is 11.6 Å². The molecule has 0 fully saturated rings. The molecule has 6 heteroatoms. The highest BCUT2D eigenvalue weighted by molar-refractivity contribution is 6.32. The van der Waals surface area contributed by atoms with Gasteiger partial charge in [0.15, 0.2) is 0 Å². The fourth-order valence-corrected chi connectivity index (χ4v) is 1.69. The van der Waals surface area contributed by atoms with Crippen LogP contribution in [0.3, 0.4) is 0 Å². The molecular formula is C13H14ClF3O2. The molecule has 1 rings (SSSR count). The van der Waals surface area contributed by atoms with Crippen molar-refractivity contribution >= 4 is 17.4 Å². The molecular weight excluding hydrogens is 281 g/mol. The molecule has 2 nitrogen and oxygen atoms in total. The van der Waals surface area contributed by atoms with E-state index in [1.54, 1.807) is 0 Å². The molecule has 0 N–H and O–H groups in total. The van der Waals surface area contributed by atoms with E-state index in [0.717, 1.165) is 31.4 Å². The number of alkyl halides is 3. The first-order valence-electron chi connectivity index (χ1n) is 5.90. The van der Waals surface area contributed by atoms with Gasteiger partial charge in [0, 0.05) is 5.56 Å². The summed E-state index contributed by atoms with van der Waals surface area (Å²) in [7, 11) is 0. The summed E-state index contributed by atoms with van der Waals surface area (Å²) >= 11 is 5.79. The average Bonchev–Trinajstić information content (AvgIpc) is 2.34. The molecule has 0 aliphatic carbocycles. The summed E-state index contributed by atoms with van der Waals surface area (Å²) in [6.07, 6.45) is -2.01. The summed E-state index contributed by atoms with van der Waals surface area (Å²) in [5, 5.41) is 0.00611. The number of benzene rings is 1. The second-order valence-electron chi connectivity index (χ2n) is 4.03. The standard InChI is InChI=1S/C13H14ClF3O2/c1-2-3-4-7-19-11-6-5-9(8-10(11)14)12(18)13(15,16)17/h5-6,8H,2-4,7H2,1H3. The van der Waals surface area contributed by atoms with Crippen molar-refractivity contribution in [1.29, 1.82) is 0 Å². The van der Waals surface area contributed by atoms with E-state index >= 15 is 0 Å². The highest BCUT2D eigenvalue weighted by Crippen LogP contribution is 2.29. The molecule has 0 saturated carbocycles. The molecule has 0 amide bonds. The van der Waals surface area contributed by atoms with Crippen molar-refractivity contribution in [3.63, 3.8) is 0 Å². The molecule has 0 aromatic heterocycles. The number of ether oxygens (including phenoxy) is 1. The van der Waals surface area contributed by atoms with Crippen LogP contribution in [-0.4, -0.2) is 18.6 Å². The first-order chi connectivity index (χ1) is 8.86. The Hall–Kier alpha value is -1.23. The van der Waals surface area contributed by atoms with E-state index in [9.17, 15) is 18.0 Å². The Morgan fingerprint density at radius 1 is 1.32 bits per heavy atom. The first kappa shape index (κ1) is 15.8. The summed E-state index contributed by atoms with van der Waals surface area (Å²) in [6.45, 7) is 2.49. The second kappa shape index (κ2) is 6.80. The van der Waals surface area contributed by atoms with Crippen LogP contribution in [0.25, 0.3) is 0 Å². The number of hydrogen-bond donors (Lipinski definition) is 0. The minimum atomic E-state index is -4.90. The third kappa shape index (κ3) is 4.74. The van der Waals surface area contributed by atoms with Crippen molar-refractivity contribution in [2.24, 2.45) is 0 Å². The summed E-state index contributed by atoms with van der Waals surface area (Å²) < 4.78 is 42.0. The van der Waals surface area contributed by atoms with Gasteiger partial charge in [-0.1, -0.05) is 31.4 Å². The van der Waals surface area contributed by atoms with Gasteiger partial charge in [0.1, 0.15) is 5.75 Å². The predicted octanol–water partition coefficient (Wildman–Crippen LogP) is 4.65. The molecule has 0 aliphatic heterocycles. The Balaban J connectivity index is 2.72. The molecule has 0 bridgehead atoms. The van der Waals surface area contributed by atoms with E-state index in [-0.39, 0.29) is 10.8 Å². The van der Waals surface area contributed by atoms with Crippen LogP contribution in [0.5, 0.6) is 5.75 Å². The summed E-state index contributed by atoms with van der Waals surface area (Å²) in [6, 6.07) is 3.33. The van der Waals surface area contributed by atoms with Gasteiger partial charge in [0.25, 0.3) is 5.78 Å². The van der Waals surface area contributed by atoms with E-state index in [1.807, 2.05) is 6.92 Å². The molecule has 106 valence electrons.